The molecule has 19 heavy (non-hydrogen) atoms. The fraction of sp³-hybridized carbons (Fsp3) is 0.500. The highest BCUT2D eigenvalue weighted by atomic mass is 16.6. The lowest BCUT2D eigenvalue weighted by molar-refractivity contribution is -0.384. The number of hydrogen-bond acceptors (Lipinski definition) is 6. The molecule has 2 rings (SSSR count). The molecule has 0 spiro atoms. The first-order chi connectivity index (χ1) is 9.01. The van der Waals surface area contributed by atoms with Crippen molar-refractivity contribution in [1.29, 1.82) is 5.26 Å². The van der Waals surface area contributed by atoms with Crippen molar-refractivity contribution in [3.8, 4) is 6.07 Å². The van der Waals surface area contributed by atoms with Crippen molar-refractivity contribution in [1.82, 2.24) is 4.98 Å². The standard InChI is InChI=1S/C12H14N4O3/c1-15(7-8-2-10(17)3-8)12-11(16(18)19)4-9(5-13)6-14-12/h4,6,8,10,17H,2-3,7H2,1H3. The van der Waals surface area contributed by atoms with Gasteiger partial charge in [-0.1, -0.05) is 0 Å². The van der Waals surface area contributed by atoms with Gasteiger partial charge in [0.05, 0.1) is 16.6 Å². The molecule has 0 aliphatic heterocycles. The van der Waals surface area contributed by atoms with Gasteiger partial charge in [0.2, 0.25) is 5.82 Å². The Morgan fingerprint density at radius 3 is 2.89 bits per heavy atom. The van der Waals surface area contributed by atoms with Crippen molar-refractivity contribution in [3.05, 3.63) is 27.9 Å². The van der Waals surface area contributed by atoms with Crippen LogP contribution in [0, 0.1) is 27.4 Å². The van der Waals surface area contributed by atoms with E-state index in [-0.39, 0.29) is 23.2 Å². The third-order valence-corrected chi connectivity index (χ3v) is 3.28. The van der Waals surface area contributed by atoms with Gasteiger partial charge in [-0.2, -0.15) is 5.26 Å². The van der Waals surface area contributed by atoms with E-state index in [0.29, 0.717) is 25.3 Å². The molecule has 7 nitrogen and oxygen atoms in total. The predicted octanol–water partition coefficient (Wildman–Crippen LogP) is 1.07. The van der Waals surface area contributed by atoms with E-state index >= 15 is 0 Å². The second kappa shape index (κ2) is 5.20. The van der Waals surface area contributed by atoms with Gasteiger partial charge in [0.15, 0.2) is 0 Å². The van der Waals surface area contributed by atoms with Crippen molar-refractivity contribution in [2.45, 2.75) is 18.9 Å². The van der Waals surface area contributed by atoms with Crippen LogP contribution in [0.1, 0.15) is 18.4 Å². The van der Waals surface area contributed by atoms with Crippen LogP contribution in [0.4, 0.5) is 11.5 Å². The maximum atomic E-state index is 11.0. The maximum Gasteiger partial charge on any atom is 0.312 e. The third kappa shape index (κ3) is 2.80. The van der Waals surface area contributed by atoms with Gasteiger partial charge in [0, 0.05) is 25.9 Å². The minimum absolute atomic E-state index is 0.165. The number of hydrogen-bond donors (Lipinski definition) is 1. The van der Waals surface area contributed by atoms with Crippen molar-refractivity contribution < 1.29 is 10.0 Å². The first-order valence-corrected chi connectivity index (χ1v) is 5.95. The summed E-state index contributed by atoms with van der Waals surface area (Å²) in [6.07, 6.45) is 2.51. The number of aliphatic hydroxyl groups excluding tert-OH is 1. The second-order valence-corrected chi connectivity index (χ2v) is 4.81. The van der Waals surface area contributed by atoms with Crippen LogP contribution in [-0.4, -0.2) is 34.7 Å². The Bertz CT molecular complexity index is 534. The molecule has 1 fully saturated rings. The molecule has 1 aliphatic carbocycles. The lowest BCUT2D eigenvalue weighted by Gasteiger charge is -2.34. The van der Waals surface area contributed by atoms with Gasteiger partial charge in [-0.3, -0.25) is 10.1 Å². The summed E-state index contributed by atoms with van der Waals surface area (Å²) in [7, 11) is 1.73. The van der Waals surface area contributed by atoms with Crippen LogP contribution >= 0.6 is 0 Å². The Labute approximate surface area is 110 Å². The van der Waals surface area contributed by atoms with Crippen LogP contribution in [0.3, 0.4) is 0 Å². The van der Waals surface area contributed by atoms with Gasteiger partial charge in [-0.15, -0.1) is 0 Å². The molecule has 1 saturated carbocycles. The van der Waals surface area contributed by atoms with Crippen molar-refractivity contribution in [2.24, 2.45) is 5.92 Å². The summed E-state index contributed by atoms with van der Waals surface area (Å²) >= 11 is 0. The monoisotopic (exact) mass is 262 g/mol. The molecule has 0 aromatic carbocycles. The summed E-state index contributed by atoms with van der Waals surface area (Å²) in [4.78, 5) is 16.2. The minimum atomic E-state index is -0.532. The van der Waals surface area contributed by atoms with E-state index in [1.807, 2.05) is 6.07 Å². The van der Waals surface area contributed by atoms with Gasteiger partial charge < -0.3 is 10.0 Å². The predicted molar refractivity (Wildman–Crippen MR) is 67.6 cm³/mol. The summed E-state index contributed by atoms with van der Waals surface area (Å²) in [5, 5.41) is 29.0. The van der Waals surface area contributed by atoms with Gasteiger partial charge >= 0.3 is 5.69 Å². The first-order valence-electron chi connectivity index (χ1n) is 5.95. The van der Waals surface area contributed by atoms with E-state index in [4.69, 9.17) is 5.26 Å². The number of rotatable bonds is 4. The van der Waals surface area contributed by atoms with E-state index in [1.54, 1.807) is 11.9 Å². The number of pyridine rings is 1. The summed E-state index contributed by atoms with van der Waals surface area (Å²) < 4.78 is 0. The van der Waals surface area contributed by atoms with Crippen LogP contribution in [-0.2, 0) is 0 Å². The third-order valence-electron chi connectivity index (χ3n) is 3.28. The molecule has 1 aromatic heterocycles. The van der Waals surface area contributed by atoms with Crippen LogP contribution in [0.15, 0.2) is 12.3 Å². The molecule has 1 aromatic rings. The average Bonchev–Trinajstić information content (AvgIpc) is 2.36. The summed E-state index contributed by atoms with van der Waals surface area (Å²) in [5.74, 6) is 0.586. The quantitative estimate of drug-likeness (QED) is 0.643. The van der Waals surface area contributed by atoms with Gasteiger partial charge in [0.25, 0.3) is 0 Å². The molecule has 7 heteroatoms. The molecule has 100 valence electrons. The van der Waals surface area contributed by atoms with Crippen molar-refractivity contribution >= 4 is 11.5 Å². The first kappa shape index (κ1) is 13.2. The maximum absolute atomic E-state index is 11.0. The Hall–Kier alpha value is -2.20. The zero-order chi connectivity index (χ0) is 14.0. The van der Waals surface area contributed by atoms with Crippen LogP contribution in [0.5, 0.6) is 0 Å². The molecule has 0 saturated heterocycles. The van der Waals surface area contributed by atoms with Crippen LogP contribution in [0.25, 0.3) is 0 Å². The number of aromatic nitrogens is 1. The van der Waals surface area contributed by atoms with E-state index < -0.39 is 4.92 Å². The average molecular weight is 262 g/mol. The number of nitriles is 1. The zero-order valence-electron chi connectivity index (χ0n) is 10.5. The van der Waals surface area contributed by atoms with Crippen LogP contribution in [0.2, 0.25) is 0 Å². The SMILES string of the molecule is CN(CC1CC(O)C1)c1ncc(C#N)cc1[N+](=O)[O-]. The minimum Gasteiger partial charge on any atom is -0.393 e. The second-order valence-electron chi connectivity index (χ2n) is 4.81. The van der Waals surface area contributed by atoms with Gasteiger partial charge in [0.1, 0.15) is 6.07 Å². The lowest BCUT2D eigenvalue weighted by Crippen LogP contribution is -2.37. The topological polar surface area (TPSA) is 103 Å². The molecule has 1 aliphatic rings. The number of aliphatic hydroxyl groups is 1. The molecular formula is C12H14N4O3. The highest BCUT2D eigenvalue weighted by molar-refractivity contribution is 5.59. The van der Waals surface area contributed by atoms with Crippen LogP contribution < -0.4 is 4.90 Å². The molecular weight excluding hydrogens is 248 g/mol. The Balaban J connectivity index is 2.18. The summed E-state index contributed by atoms with van der Waals surface area (Å²) in [5.41, 5.74) is 0.00402. The lowest BCUT2D eigenvalue weighted by atomic mass is 9.82. The van der Waals surface area contributed by atoms with Crippen molar-refractivity contribution in [3.63, 3.8) is 0 Å². The Kier molecular flexibility index (Phi) is 3.62. The van der Waals surface area contributed by atoms with Gasteiger partial charge in [-0.25, -0.2) is 4.98 Å². The molecule has 0 radical (unpaired) electrons. The fourth-order valence-corrected chi connectivity index (χ4v) is 2.26. The summed E-state index contributed by atoms with van der Waals surface area (Å²) in [6, 6.07) is 3.07. The molecule has 0 unspecified atom stereocenters. The molecule has 0 atom stereocenters. The normalized spacial score (nSPS) is 21.3. The van der Waals surface area contributed by atoms with E-state index in [2.05, 4.69) is 4.98 Å². The largest absolute Gasteiger partial charge is 0.393 e. The Morgan fingerprint density at radius 1 is 1.68 bits per heavy atom. The molecule has 0 bridgehead atoms. The molecule has 1 N–H and O–H groups in total. The number of nitrogens with zero attached hydrogens (tertiary/aromatic N) is 4. The van der Waals surface area contributed by atoms with Crippen molar-refractivity contribution in [2.75, 3.05) is 18.5 Å². The fourth-order valence-electron chi connectivity index (χ4n) is 2.26. The number of anilines is 1. The summed E-state index contributed by atoms with van der Waals surface area (Å²) in [6.45, 7) is 0.608. The number of nitro groups is 1. The van der Waals surface area contributed by atoms with Gasteiger partial charge in [-0.05, 0) is 18.8 Å². The smallest absolute Gasteiger partial charge is 0.312 e. The van der Waals surface area contributed by atoms with E-state index in [1.165, 1.54) is 12.3 Å². The molecule has 0 amide bonds. The highest BCUT2D eigenvalue weighted by Crippen LogP contribution is 2.31. The van der Waals surface area contributed by atoms with E-state index in [9.17, 15) is 15.2 Å². The zero-order valence-corrected chi connectivity index (χ0v) is 10.5. The Morgan fingerprint density at radius 2 is 2.37 bits per heavy atom. The van der Waals surface area contributed by atoms with E-state index in [0.717, 1.165) is 0 Å². The molecule has 1 heterocycles. The highest BCUT2D eigenvalue weighted by Gasteiger charge is 2.30.